The largest absolute Gasteiger partial charge is 0.416 e. The molecule has 4 rings (SSSR count). The Morgan fingerprint density at radius 3 is 2.57 bits per heavy atom. The van der Waals surface area contributed by atoms with Gasteiger partial charge in [0.1, 0.15) is 11.6 Å². The van der Waals surface area contributed by atoms with Gasteiger partial charge < -0.3 is 4.98 Å². The summed E-state index contributed by atoms with van der Waals surface area (Å²) in [5.74, 6) is -0.516. The van der Waals surface area contributed by atoms with Crippen LogP contribution in [0.4, 0.5) is 17.6 Å². The van der Waals surface area contributed by atoms with E-state index in [-0.39, 0.29) is 18.6 Å². The van der Waals surface area contributed by atoms with E-state index in [1.807, 2.05) is 0 Å². The van der Waals surface area contributed by atoms with Crippen molar-refractivity contribution in [2.45, 2.75) is 25.7 Å². The van der Waals surface area contributed by atoms with Crippen molar-refractivity contribution in [3.8, 4) is 11.4 Å². The molecule has 30 heavy (non-hydrogen) atoms. The van der Waals surface area contributed by atoms with Gasteiger partial charge in [0.15, 0.2) is 0 Å². The Morgan fingerprint density at radius 2 is 1.87 bits per heavy atom. The fraction of sp³-hybridized carbons (Fsp3) is 0.238. The van der Waals surface area contributed by atoms with Crippen LogP contribution in [-0.2, 0) is 25.7 Å². The lowest BCUT2D eigenvalue weighted by Gasteiger charge is -2.28. The summed E-state index contributed by atoms with van der Waals surface area (Å²) >= 11 is 5.88. The van der Waals surface area contributed by atoms with Crippen LogP contribution in [0.5, 0.6) is 0 Å². The third-order valence-corrected chi connectivity index (χ3v) is 5.32. The predicted molar refractivity (Wildman–Crippen MR) is 105 cm³/mol. The molecule has 0 saturated carbocycles. The molecule has 156 valence electrons. The molecule has 4 nitrogen and oxygen atoms in total. The molecule has 2 aromatic carbocycles. The van der Waals surface area contributed by atoms with Crippen LogP contribution in [0.2, 0.25) is 5.02 Å². The zero-order valence-electron chi connectivity index (χ0n) is 15.6. The standard InChI is InChI=1S/C21H16ClF4N3O/c22-13-6-4-12(5-7-13)19-27-18-8-9-29(11-15(18)20(30)28-19)10-14-16(21(24,25)26)2-1-3-17(14)23/h1-7H,8-11H2,(H,27,28,30). The highest BCUT2D eigenvalue weighted by atomic mass is 35.5. The van der Waals surface area contributed by atoms with Gasteiger partial charge in [-0.25, -0.2) is 9.37 Å². The Kier molecular flexibility index (Phi) is 5.38. The maximum absolute atomic E-state index is 14.2. The molecule has 0 fully saturated rings. The number of alkyl halides is 3. The van der Waals surface area contributed by atoms with E-state index in [1.54, 1.807) is 29.2 Å². The van der Waals surface area contributed by atoms with Gasteiger partial charge in [0.05, 0.1) is 16.8 Å². The zero-order valence-corrected chi connectivity index (χ0v) is 16.3. The quantitative estimate of drug-likeness (QED) is 0.598. The molecule has 9 heteroatoms. The fourth-order valence-corrected chi connectivity index (χ4v) is 3.69. The monoisotopic (exact) mass is 437 g/mol. The molecule has 0 aliphatic carbocycles. The van der Waals surface area contributed by atoms with Gasteiger partial charge in [-0.15, -0.1) is 0 Å². The lowest BCUT2D eigenvalue weighted by Crippen LogP contribution is -2.36. The van der Waals surface area contributed by atoms with Gasteiger partial charge in [0.25, 0.3) is 5.56 Å². The van der Waals surface area contributed by atoms with Crippen molar-refractivity contribution in [3.63, 3.8) is 0 Å². The van der Waals surface area contributed by atoms with Crippen LogP contribution in [0.1, 0.15) is 22.4 Å². The Hall–Kier alpha value is -2.71. The SMILES string of the molecule is O=c1[nH]c(-c2ccc(Cl)cc2)nc2c1CN(Cc1c(F)cccc1C(F)(F)F)CC2. The van der Waals surface area contributed by atoms with Crippen LogP contribution >= 0.6 is 11.6 Å². The summed E-state index contributed by atoms with van der Waals surface area (Å²) in [6.07, 6.45) is -4.28. The van der Waals surface area contributed by atoms with E-state index in [0.717, 1.165) is 18.2 Å². The van der Waals surface area contributed by atoms with Gasteiger partial charge in [0, 0.05) is 42.2 Å². The van der Waals surface area contributed by atoms with E-state index < -0.39 is 23.1 Å². The van der Waals surface area contributed by atoms with Crippen molar-refractivity contribution in [1.29, 1.82) is 0 Å². The number of rotatable bonds is 3. The molecule has 0 atom stereocenters. The van der Waals surface area contributed by atoms with Crippen LogP contribution < -0.4 is 5.56 Å². The molecule has 0 amide bonds. The third kappa shape index (κ3) is 4.11. The van der Waals surface area contributed by atoms with E-state index in [9.17, 15) is 22.4 Å². The molecule has 0 radical (unpaired) electrons. The number of H-pyrrole nitrogens is 1. The molecular weight excluding hydrogens is 422 g/mol. The van der Waals surface area contributed by atoms with E-state index in [2.05, 4.69) is 9.97 Å². The first-order valence-corrected chi connectivity index (χ1v) is 9.55. The third-order valence-electron chi connectivity index (χ3n) is 5.07. The number of nitrogens with one attached hydrogen (secondary N) is 1. The summed E-state index contributed by atoms with van der Waals surface area (Å²) < 4.78 is 53.9. The summed E-state index contributed by atoms with van der Waals surface area (Å²) in [4.78, 5) is 21.5. The molecule has 1 aromatic heterocycles. The molecule has 0 saturated heterocycles. The Balaban J connectivity index is 1.61. The number of nitrogens with zero attached hydrogens (tertiary/aromatic N) is 2. The maximum Gasteiger partial charge on any atom is 0.416 e. The van der Waals surface area contributed by atoms with Crippen LogP contribution in [0.15, 0.2) is 47.3 Å². The molecule has 1 N–H and O–H groups in total. The number of halogens is 5. The van der Waals surface area contributed by atoms with E-state index in [1.165, 1.54) is 0 Å². The first kappa shape index (κ1) is 20.6. The molecule has 3 aromatic rings. The Bertz CT molecular complexity index is 1140. The summed E-state index contributed by atoms with van der Waals surface area (Å²) in [5.41, 5.74) is -0.121. The predicted octanol–water partition coefficient (Wildman–Crippen LogP) is 4.81. The second-order valence-electron chi connectivity index (χ2n) is 7.07. The van der Waals surface area contributed by atoms with Crippen molar-refractivity contribution < 1.29 is 17.6 Å². The number of aromatic amines is 1. The first-order chi connectivity index (χ1) is 14.2. The molecule has 0 bridgehead atoms. The van der Waals surface area contributed by atoms with Crippen molar-refractivity contribution in [2.24, 2.45) is 0 Å². The normalized spacial score (nSPS) is 14.6. The minimum absolute atomic E-state index is 0.0875. The number of fused-ring (bicyclic) bond motifs is 1. The topological polar surface area (TPSA) is 49.0 Å². The highest BCUT2D eigenvalue weighted by Crippen LogP contribution is 2.34. The molecule has 0 spiro atoms. The van der Waals surface area contributed by atoms with E-state index >= 15 is 0 Å². The zero-order chi connectivity index (χ0) is 21.5. The van der Waals surface area contributed by atoms with Gasteiger partial charge >= 0.3 is 6.18 Å². The molecule has 1 aliphatic heterocycles. The number of aromatic nitrogens is 2. The average molecular weight is 438 g/mol. The fourth-order valence-electron chi connectivity index (χ4n) is 3.57. The maximum atomic E-state index is 14.2. The van der Waals surface area contributed by atoms with Crippen molar-refractivity contribution in [1.82, 2.24) is 14.9 Å². The van der Waals surface area contributed by atoms with Crippen LogP contribution in [0.3, 0.4) is 0 Å². The van der Waals surface area contributed by atoms with Gasteiger partial charge in [-0.3, -0.25) is 9.69 Å². The molecular formula is C21H16ClF4N3O. The van der Waals surface area contributed by atoms with Gasteiger partial charge in [0.2, 0.25) is 0 Å². The second-order valence-corrected chi connectivity index (χ2v) is 7.51. The van der Waals surface area contributed by atoms with Gasteiger partial charge in [-0.2, -0.15) is 13.2 Å². The lowest BCUT2D eigenvalue weighted by molar-refractivity contribution is -0.138. The smallest absolute Gasteiger partial charge is 0.306 e. The van der Waals surface area contributed by atoms with Crippen LogP contribution in [-0.4, -0.2) is 21.4 Å². The first-order valence-electron chi connectivity index (χ1n) is 9.17. The molecule has 1 aliphatic rings. The van der Waals surface area contributed by atoms with E-state index in [4.69, 9.17) is 11.6 Å². The number of hydrogen-bond donors (Lipinski definition) is 1. The van der Waals surface area contributed by atoms with Crippen LogP contribution in [0.25, 0.3) is 11.4 Å². The van der Waals surface area contributed by atoms with Crippen LogP contribution in [0, 0.1) is 5.82 Å². The van der Waals surface area contributed by atoms with Crippen molar-refractivity contribution >= 4 is 11.6 Å². The highest BCUT2D eigenvalue weighted by Gasteiger charge is 2.35. The molecule has 0 unspecified atom stereocenters. The summed E-state index contributed by atoms with van der Waals surface area (Å²) in [5, 5.41) is 0.557. The van der Waals surface area contributed by atoms with Gasteiger partial charge in [-0.05, 0) is 36.4 Å². The number of benzene rings is 2. The van der Waals surface area contributed by atoms with Crippen molar-refractivity contribution in [2.75, 3.05) is 6.54 Å². The number of hydrogen-bond acceptors (Lipinski definition) is 3. The minimum Gasteiger partial charge on any atom is -0.306 e. The van der Waals surface area contributed by atoms with Crippen molar-refractivity contribution in [3.05, 3.63) is 86.0 Å². The van der Waals surface area contributed by atoms with Gasteiger partial charge in [-0.1, -0.05) is 17.7 Å². The average Bonchev–Trinajstić information content (AvgIpc) is 2.69. The summed E-state index contributed by atoms with van der Waals surface area (Å²) in [6, 6.07) is 9.76. The Morgan fingerprint density at radius 1 is 1.13 bits per heavy atom. The molecule has 2 heterocycles. The summed E-state index contributed by atoms with van der Waals surface area (Å²) in [6.45, 7) is 0.193. The lowest BCUT2D eigenvalue weighted by atomic mass is 10.0. The Labute approximate surface area is 174 Å². The second kappa shape index (κ2) is 7.85. The highest BCUT2D eigenvalue weighted by molar-refractivity contribution is 6.30. The van der Waals surface area contributed by atoms with E-state index in [0.29, 0.717) is 40.6 Å². The minimum atomic E-state index is -4.66. The summed E-state index contributed by atoms with van der Waals surface area (Å²) in [7, 11) is 0.